The van der Waals surface area contributed by atoms with E-state index in [1.165, 1.54) is 12.8 Å². The van der Waals surface area contributed by atoms with E-state index < -0.39 is 5.41 Å². The number of nitrogens with zero attached hydrogens (tertiary/aromatic N) is 4. The lowest BCUT2D eigenvalue weighted by atomic mass is 9.77. The quantitative estimate of drug-likeness (QED) is 0.654. The molecular weight excluding hydrogens is 394 g/mol. The van der Waals surface area contributed by atoms with Crippen molar-refractivity contribution in [3.63, 3.8) is 0 Å². The van der Waals surface area contributed by atoms with Crippen LogP contribution in [0.25, 0.3) is 10.9 Å². The third-order valence-corrected chi connectivity index (χ3v) is 8.15. The molecule has 1 aliphatic carbocycles. The Balaban J connectivity index is 1.49. The van der Waals surface area contributed by atoms with Gasteiger partial charge in [0.1, 0.15) is 4.88 Å². The van der Waals surface area contributed by atoms with E-state index in [4.69, 9.17) is 4.98 Å². The second-order valence-electron chi connectivity index (χ2n) is 9.39. The number of aromatic nitrogens is 2. The number of benzene rings is 1. The molecule has 3 aromatic rings. The molecule has 1 aromatic carbocycles. The van der Waals surface area contributed by atoms with Gasteiger partial charge in [-0.1, -0.05) is 17.4 Å². The Morgan fingerprint density at radius 2 is 2.00 bits per heavy atom. The number of nitrogens with one attached hydrogen (secondary N) is 1. The van der Waals surface area contributed by atoms with Crippen molar-refractivity contribution in [2.45, 2.75) is 44.2 Å². The van der Waals surface area contributed by atoms with Crippen LogP contribution in [0.4, 0.5) is 5.13 Å². The summed E-state index contributed by atoms with van der Waals surface area (Å²) < 4.78 is 0. The fourth-order valence-electron chi connectivity index (χ4n) is 5.63. The van der Waals surface area contributed by atoms with Crippen molar-refractivity contribution < 1.29 is 4.79 Å². The van der Waals surface area contributed by atoms with E-state index in [1.54, 1.807) is 17.4 Å². The van der Waals surface area contributed by atoms with Gasteiger partial charge in [-0.3, -0.25) is 4.79 Å². The van der Waals surface area contributed by atoms with Crippen LogP contribution in [0.5, 0.6) is 0 Å². The number of fused-ring (bicyclic) bond motifs is 6. The minimum absolute atomic E-state index is 0.0560. The highest BCUT2D eigenvalue weighted by molar-refractivity contribution is 7.18. The first-order valence-electron chi connectivity index (χ1n) is 10.5. The number of likely N-dealkylation sites (N-methyl/N-ethyl adjacent to an activating group) is 1. The van der Waals surface area contributed by atoms with Gasteiger partial charge < -0.3 is 14.8 Å². The average molecular weight is 418 g/mol. The Bertz CT molecular complexity index is 1250. The first kappa shape index (κ1) is 18.1. The molecular formula is C23H23N5OS. The second kappa shape index (κ2) is 5.93. The zero-order chi connectivity index (χ0) is 20.8. The molecule has 2 bridgehead atoms. The van der Waals surface area contributed by atoms with E-state index in [9.17, 15) is 10.1 Å². The third kappa shape index (κ3) is 2.26. The monoisotopic (exact) mass is 417 g/mol. The van der Waals surface area contributed by atoms with Crippen LogP contribution in [0.3, 0.4) is 0 Å². The summed E-state index contributed by atoms with van der Waals surface area (Å²) in [4.78, 5) is 27.8. The zero-order valence-corrected chi connectivity index (χ0v) is 18.1. The number of piperazine rings is 1. The summed E-state index contributed by atoms with van der Waals surface area (Å²) in [6, 6.07) is 8.66. The predicted octanol–water partition coefficient (Wildman–Crippen LogP) is 3.65. The Morgan fingerprint density at radius 3 is 2.70 bits per heavy atom. The molecule has 2 atom stereocenters. The number of ketones is 1. The molecule has 2 unspecified atom stereocenters. The van der Waals surface area contributed by atoms with Crippen LogP contribution >= 0.6 is 11.3 Å². The highest BCUT2D eigenvalue weighted by Crippen LogP contribution is 2.48. The number of carbonyl (C=O) groups is 1. The molecule has 2 fully saturated rings. The molecule has 0 radical (unpaired) electrons. The minimum atomic E-state index is -0.398. The van der Waals surface area contributed by atoms with Gasteiger partial charge in [-0.25, -0.2) is 4.98 Å². The maximum atomic E-state index is 13.6. The average Bonchev–Trinajstić information content (AvgIpc) is 3.39. The molecule has 0 amide bonds. The SMILES string of the molecule is CN1CC2CCC(C1)N2c1nc2c(s1)C(=O)c1c([nH]c3cc(C#N)ccc13)C2(C)C. The normalized spacial score (nSPS) is 24.7. The van der Waals surface area contributed by atoms with E-state index in [1.807, 2.05) is 12.1 Å². The van der Waals surface area contributed by atoms with Crippen LogP contribution in [-0.4, -0.2) is 52.9 Å². The zero-order valence-electron chi connectivity index (χ0n) is 17.3. The standard InChI is InChI=1S/C23H23N5OS/c1-23(2)20-17(15-7-4-12(9-24)8-16(15)25-20)18(29)19-21(23)26-22(30-19)28-13-5-6-14(28)11-27(3)10-13/h4,7-8,13-14,25H,5-6,10-11H2,1-3H3. The fraction of sp³-hybridized carbons (Fsp3) is 0.435. The molecule has 3 aliphatic rings. The number of H-pyrrole nitrogens is 1. The minimum Gasteiger partial charge on any atom is -0.357 e. The largest absolute Gasteiger partial charge is 0.357 e. The lowest BCUT2D eigenvalue weighted by Crippen LogP contribution is -2.52. The molecule has 2 aromatic heterocycles. The highest BCUT2D eigenvalue weighted by Gasteiger charge is 2.46. The summed E-state index contributed by atoms with van der Waals surface area (Å²) in [5, 5.41) is 11.1. The summed E-state index contributed by atoms with van der Waals surface area (Å²) in [6.45, 7) is 6.39. The first-order valence-corrected chi connectivity index (χ1v) is 11.3. The summed E-state index contributed by atoms with van der Waals surface area (Å²) in [7, 11) is 2.19. The number of hydrogen-bond donors (Lipinski definition) is 1. The smallest absolute Gasteiger partial charge is 0.207 e. The van der Waals surface area contributed by atoms with E-state index in [2.05, 4.69) is 41.7 Å². The topological polar surface area (TPSA) is 76.0 Å². The van der Waals surface area contributed by atoms with Crippen LogP contribution in [0, 0.1) is 11.3 Å². The Morgan fingerprint density at radius 1 is 1.27 bits per heavy atom. The number of thiazole rings is 1. The molecule has 6 rings (SSSR count). The molecule has 7 heteroatoms. The predicted molar refractivity (Wildman–Crippen MR) is 117 cm³/mol. The summed E-state index contributed by atoms with van der Waals surface area (Å²) in [5.41, 5.74) is 3.56. The van der Waals surface area contributed by atoms with Crippen molar-refractivity contribution in [3.05, 3.63) is 45.6 Å². The lowest BCUT2D eigenvalue weighted by Gasteiger charge is -2.39. The van der Waals surface area contributed by atoms with E-state index in [-0.39, 0.29) is 5.78 Å². The molecule has 2 saturated heterocycles. The Hall–Kier alpha value is -2.69. The van der Waals surface area contributed by atoms with Crippen molar-refractivity contribution >= 4 is 33.2 Å². The second-order valence-corrected chi connectivity index (χ2v) is 10.4. The van der Waals surface area contributed by atoms with Crippen molar-refractivity contribution in [1.29, 1.82) is 5.26 Å². The number of carbonyl (C=O) groups excluding carboxylic acids is 1. The maximum absolute atomic E-state index is 13.6. The number of aromatic amines is 1. The first-order chi connectivity index (χ1) is 14.4. The van der Waals surface area contributed by atoms with Gasteiger partial charge in [0.15, 0.2) is 5.13 Å². The van der Waals surface area contributed by atoms with Crippen LogP contribution in [0.2, 0.25) is 0 Å². The van der Waals surface area contributed by atoms with Crippen molar-refractivity contribution in [2.24, 2.45) is 0 Å². The van der Waals surface area contributed by atoms with E-state index in [0.717, 1.165) is 51.0 Å². The third-order valence-electron chi connectivity index (χ3n) is 7.08. The molecule has 0 spiro atoms. The number of hydrogen-bond acceptors (Lipinski definition) is 6. The van der Waals surface area contributed by atoms with Gasteiger partial charge in [0.25, 0.3) is 0 Å². The molecule has 2 aliphatic heterocycles. The van der Waals surface area contributed by atoms with Gasteiger partial charge in [-0.15, -0.1) is 0 Å². The molecule has 30 heavy (non-hydrogen) atoms. The highest BCUT2D eigenvalue weighted by atomic mass is 32.1. The van der Waals surface area contributed by atoms with Gasteiger partial charge in [0.05, 0.1) is 22.9 Å². The van der Waals surface area contributed by atoms with Gasteiger partial charge in [-0.2, -0.15) is 5.26 Å². The summed E-state index contributed by atoms with van der Waals surface area (Å²) in [6.07, 6.45) is 2.39. The maximum Gasteiger partial charge on any atom is 0.207 e. The molecule has 1 N–H and O–H groups in total. The van der Waals surface area contributed by atoms with E-state index >= 15 is 0 Å². The summed E-state index contributed by atoms with van der Waals surface area (Å²) in [5.74, 6) is 0.0560. The van der Waals surface area contributed by atoms with Crippen molar-refractivity contribution in [3.8, 4) is 6.07 Å². The molecule has 4 heterocycles. The van der Waals surface area contributed by atoms with Crippen LogP contribution < -0.4 is 4.90 Å². The molecule has 152 valence electrons. The van der Waals surface area contributed by atoms with Gasteiger partial charge in [-0.05, 0) is 45.9 Å². The fourth-order valence-corrected chi connectivity index (χ4v) is 6.94. The van der Waals surface area contributed by atoms with Gasteiger partial charge >= 0.3 is 0 Å². The van der Waals surface area contributed by atoms with Crippen LogP contribution in [0.15, 0.2) is 18.2 Å². The number of nitriles is 1. The lowest BCUT2D eigenvalue weighted by molar-refractivity contribution is 0.103. The molecule has 0 saturated carbocycles. The van der Waals surface area contributed by atoms with Crippen molar-refractivity contribution in [2.75, 3.05) is 25.0 Å². The Kier molecular flexibility index (Phi) is 3.58. The number of anilines is 1. The van der Waals surface area contributed by atoms with Gasteiger partial charge in [0, 0.05) is 47.2 Å². The summed E-state index contributed by atoms with van der Waals surface area (Å²) >= 11 is 1.56. The van der Waals surface area contributed by atoms with Gasteiger partial charge in [0.2, 0.25) is 5.78 Å². The number of likely N-dealkylation sites (tertiary alicyclic amines) is 1. The number of rotatable bonds is 1. The van der Waals surface area contributed by atoms with Crippen LogP contribution in [-0.2, 0) is 5.41 Å². The molecule has 6 nitrogen and oxygen atoms in total. The van der Waals surface area contributed by atoms with Crippen molar-refractivity contribution in [1.82, 2.24) is 14.9 Å². The van der Waals surface area contributed by atoms with E-state index in [0.29, 0.717) is 17.6 Å². The van der Waals surface area contributed by atoms with Crippen LogP contribution in [0.1, 0.15) is 58.9 Å². The Labute approximate surface area is 179 Å².